The zero-order chi connectivity index (χ0) is 9.14. The van der Waals surface area contributed by atoms with Gasteiger partial charge in [0, 0.05) is 31.6 Å². The summed E-state index contributed by atoms with van der Waals surface area (Å²) < 4.78 is 1.83. The number of aliphatic imine (C=N–C) groups is 1. The molecule has 64 valence electrons. The molecule has 0 fully saturated rings. The third-order valence-electron chi connectivity index (χ3n) is 1.86. The molecule has 0 saturated heterocycles. The summed E-state index contributed by atoms with van der Waals surface area (Å²) in [5, 5.41) is 4.27. The van der Waals surface area contributed by atoms with Gasteiger partial charge in [-0.1, -0.05) is 12.7 Å². The predicted octanol–water partition coefficient (Wildman–Crippen LogP) is 1.42. The highest BCUT2D eigenvalue weighted by molar-refractivity contribution is 5.83. The minimum Gasteiger partial charge on any atom is -0.294 e. The van der Waals surface area contributed by atoms with Crippen LogP contribution in [0.1, 0.15) is 17.0 Å². The van der Waals surface area contributed by atoms with E-state index < -0.39 is 0 Å². The van der Waals surface area contributed by atoms with Gasteiger partial charge in [-0.15, -0.1) is 0 Å². The van der Waals surface area contributed by atoms with Crippen LogP contribution in [0.4, 0.5) is 0 Å². The van der Waals surface area contributed by atoms with Crippen LogP contribution in [0.15, 0.2) is 11.6 Å². The van der Waals surface area contributed by atoms with Crippen LogP contribution in [0.3, 0.4) is 0 Å². The van der Waals surface area contributed by atoms with Crippen LogP contribution >= 0.6 is 0 Å². The lowest BCUT2D eigenvalue weighted by Gasteiger charge is -1.92. The summed E-state index contributed by atoms with van der Waals surface area (Å²) in [6.45, 7) is 5.74. The van der Waals surface area contributed by atoms with Crippen molar-refractivity contribution in [3.63, 3.8) is 0 Å². The van der Waals surface area contributed by atoms with Crippen LogP contribution in [-0.4, -0.2) is 23.0 Å². The first kappa shape index (κ1) is 8.71. The van der Waals surface area contributed by atoms with Gasteiger partial charge in [0.2, 0.25) is 0 Å². The Morgan fingerprint density at radius 3 is 2.75 bits per heavy atom. The molecule has 0 aliphatic rings. The SMILES string of the molecule is C=Cc1c(C=NC)nn(C)c1C. The zero-order valence-corrected chi connectivity index (χ0v) is 7.70. The van der Waals surface area contributed by atoms with E-state index in [0.29, 0.717) is 0 Å². The van der Waals surface area contributed by atoms with E-state index in [1.807, 2.05) is 18.7 Å². The van der Waals surface area contributed by atoms with Gasteiger partial charge in [-0.3, -0.25) is 9.67 Å². The van der Waals surface area contributed by atoms with E-state index in [9.17, 15) is 0 Å². The van der Waals surface area contributed by atoms with Gasteiger partial charge in [0.1, 0.15) is 5.69 Å². The molecule has 0 saturated carbocycles. The minimum absolute atomic E-state index is 0.882. The monoisotopic (exact) mass is 163 g/mol. The Kier molecular flexibility index (Phi) is 2.43. The molecule has 0 N–H and O–H groups in total. The Bertz CT molecular complexity index is 321. The lowest BCUT2D eigenvalue weighted by molar-refractivity contribution is 0.738. The Labute approximate surface area is 72.4 Å². The molecule has 0 unspecified atom stereocenters. The van der Waals surface area contributed by atoms with E-state index in [1.165, 1.54) is 0 Å². The Balaban J connectivity index is 3.28. The second kappa shape index (κ2) is 3.34. The van der Waals surface area contributed by atoms with E-state index in [1.54, 1.807) is 19.3 Å². The maximum absolute atomic E-state index is 4.27. The van der Waals surface area contributed by atoms with Gasteiger partial charge in [-0.25, -0.2) is 0 Å². The third kappa shape index (κ3) is 1.30. The molecule has 0 aliphatic heterocycles. The summed E-state index contributed by atoms with van der Waals surface area (Å²) in [5.74, 6) is 0. The van der Waals surface area contributed by atoms with E-state index in [2.05, 4.69) is 16.7 Å². The molecular formula is C9H13N3. The van der Waals surface area contributed by atoms with E-state index in [0.717, 1.165) is 17.0 Å². The van der Waals surface area contributed by atoms with Crippen LogP contribution in [-0.2, 0) is 7.05 Å². The molecule has 0 atom stereocenters. The third-order valence-corrected chi connectivity index (χ3v) is 1.86. The van der Waals surface area contributed by atoms with Gasteiger partial charge < -0.3 is 0 Å². The normalized spacial score (nSPS) is 10.9. The topological polar surface area (TPSA) is 30.2 Å². The first-order valence-corrected chi connectivity index (χ1v) is 3.79. The quantitative estimate of drug-likeness (QED) is 0.606. The molecule has 12 heavy (non-hydrogen) atoms. The molecule has 1 aromatic heterocycles. The van der Waals surface area contributed by atoms with Gasteiger partial charge in [-0.05, 0) is 6.92 Å². The second-order valence-corrected chi connectivity index (χ2v) is 2.60. The number of hydrogen-bond donors (Lipinski definition) is 0. The van der Waals surface area contributed by atoms with Crippen LogP contribution in [0.5, 0.6) is 0 Å². The van der Waals surface area contributed by atoms with Crippen molar-refractivity contribution in [1.29, 1.82) is 0 Å². The van der Waals surface area contributed by atoms with Gasteiger partial charge in [0.25, 0.3) is 0 Å². The first-order valence-electron chi connectivity index (χ1n) is 3.79. The standard InChI is InChI=1S/C9H13N3/c1-5-8-7(2)12(4)11-9(8)6-10-3/h5-6H,1H2,2-4H3. The molecular weight excluding hydrogens is 150 g/mol. The molecule has 0 aliphatic carbocycles. The average molecular weight is 163 g/mol. The summed E-state index contributed by atoms with van der Waals surface area (Å²) in [6.07, 6.45) is 3.54. The largest absolute Gasteiger partial charge is 0.294 e. The maximum Gasteiger partial charge on any atom is 0.110 e. The van der Waals surface area contributed by atoms with Gasteiger partial charge in [0.05, 0.1) is 0 Å². The minimum atomic E-state index is 0.882. The smallest absolute Gasteiger partial charge is 0.110 e. The Morgan fingerprint density at radius 2 is 2.25 bits per heavy atom. The van der Waals surface area contributed by atoms with E-state index >= 15 is 0 Å². The average Bonchev–Trinajstić information content (AvgIpc) is 2.29. The van der Waals surface area contributed by atoms with Crippen LogP contribution in [0.25, 0.3) is 6.08 Å². The Hall–Kier alpha value is -1.38. The summed E-state index contributed by atoms with van der Waals surface area (Å²) in [4.78, 5) is 3.92. The van der Waals surface area contributed by atoms with Crippen molar-refractivity contribution in [3.05, 3.63) is 23.5 Å². The lowest BCUT2D eigenvalue weighted by Crippen LogP contribution is -1.93. The second-order valence-electron chi connectivity index (χ2n) is 2.60. The molecule has 0 spiro atoms. The molecule has 1 heterocycles. The highest BCUT2D eigenvalue weighted by Gasteiger charge is 2.06. The van der Waals surface area contributed by atoms with Gasteiger partial charge in [0.15, 0.2) is 0 Å². The van der Waals surface area contributed by atoms with Gasteiger partial charge in [-0.2, -0.15) is 5.10 Å². The fourth-order valence-electron chi connectivity index (χ4n) is 1.12. The lowest BCUT2D eigenvalue weighted by atomic mass is 10.2. The molecule has 3 nitrogen and oxygen atoms in total. The number of aromatic nitrogens is 2. The van der Waals surface area contributed by atoms with Crippen LogP contribution < -0.4 is 0 Å². The number of rotatable bonds is 2. The highest BCUT2D eigenvalue weighted by Crippen LogP contribution is 2.11. The summed E-state index contributed by atoms with van der Waals surface area (Å²) >= 11 is 0. The summed E-state index contributed by atoms with van der Waals surface area (Å²) in [6, 6.07) is 0. The van der Waals surface area contributed by atoms with Crippen LogP contribution in [0.2, 0.25) is 0 Å². The fourth-order valence-corrected chi connectivity index (χ4v) is 1.12. The Morgan fingerprint density at radius 1 is 1.58 bits per heavy atom. The van der Waals surface area contributed by atoms with Crippen molar-refractivity contribution < 1.29 is 0 Å². The van der Waals surface area contributed by atoms with E-state index in [-0.39, 0.29) is 0 Å². The molecule has 0 bridgehead atoms. The van der Waals surface area contributed by atoms with E-state index in [4.69, 9.17) is 0 Å². The molecule has 3 heteroatoms. The van der Waals surface area contributed by atoms with Crippen molar-refractivity contribution in [2.45, 2.75) is 6.92 Å². The number of aryl methyl sites for hydroxylation is 1. The molecule has 1 aromatic rings. The van der Waals surface area contributed by atoms with Crippen LogP contribution in [0, 0.1) is 6.92 Å². The zero-order valence-electron chi connectivity index (χ0n) is 7.70. The van der Waals surface area contributed by atoms with Crippen molar-refractivity contribution in [1.82, 2.24) is 9.78 Å². The fraction of sp³-hybridized carbons (Fsp3) is 0.333. The summed E-state index contributed by atoms with van der Waals surface area (Å²) in [5.41, 5.74) is 3.05. The molecule has 0 radical (unpaired) electrons. The van der Waals surface area contributed by atoms with Crippen molar-refractivity contribution >= 4 is 12.3 Å². The molecule has 1 rings (SSSR count). The van der Waals surface area contributed by atoms with Crippen molar-refractivity contribution in [3.8, 4) is 0 Å². The van der Waals surface area contributed by atoms with Crippen molar-refractivity contribution in [2.75, 3.05) is 7.05 Å². The summed E-state index contributed by atoms with van der Waals surface area (Å²) in [7, 11) is 3.65. The van der Waals surface area contributed by atoms with Gasteiger partial charge >= 0.3 is 0 Å². The molecule has 0 amide bonds. The number of hydrogen-bond acceptors (Lipinski definition) is 2. The van der Waals surface area contributed by atoms with Crippen molar-refractivity contribution in [2.24, 2.45) is 12.0 Å². The number of nitrogens with zero attached hydrogens (tertiary/aromatic N) is 3. The first-order chi connectivity index (χ1) is 5.70. The molecule has 0 aromatic carbocycles. The predicted molar refractivity (Wildman–Crippen MR) is 51.6 cm³/mol. The highest BCUT2D eigenvalue weighted by atomic mass is 15.3. The maximum atomic E-state index is 4.27.